The quantitative estimate of drug-likeness (QED) is 0.325. The Morgan fingerprint density at radius 2 is 1.93 bits per heavy atom. The van der Waals surface area contributed by atoms with Crippen LogP contribution in [0.3, 0.4) is 0 Å². The second-order valence-corrected chi connectivity index (χ2v) is 8.70. The Kier molecular flexibility index (Phi) is 5.64. The highest BCUT2D eigenvalue weighted by Crippen LogP contribution is 2.65. The number of epoxide rings is 1. The van der Waals surface area contributed by atoms with Gasteiger partial charge in [0, 0.05) is 5.41 Å². The minimum Gasteiger partial charge on any atom is -0.497 e. The Morgan fingerprint density at radius 1 is 1.21 bits per heavy atom. The number of methoxy groups -OCH3 is 1. The zero-order valence-corrected chi connectivity index (χ0v) is 17.8. The molecule has 2 aliphatic rings. The van der Waals surface area contributed by atoms with Gasteiger partial charge in [-0.05, 0) is 74.3 Å². The van der Waals surface area contributed by atoms with E-state index in [0.717, 1.165) is 29.9 Å². The molecule has 0 radical (unpaired) electrons. The summed E-state index contributed by atoms with van der Waals surface area (Å²) in [5.41, 5.74) is 9.72. The number of nitrogens with one attached hydrogen (secondary N) is 1. The summed E-state index contributed by atoms with van der Waals surface area (Å²) in [6, 6.07) is 7.82. The van der Waals surface area contributed by atoms with Crippen molar-refractivity contribution in [2.75, 3.05) is 7.11 Å². The molecular formula is C22H29N3O2S. The first kappa shape index (κ1) is 20.6. The number of nitrogens with zero attached hydrogens (tertiary/aromatic N) is 1. The van der Waals surface area contributed by atoms with E-state index in [4.69, 9.17) is 27.4 Å². The van der Waals surface area contributed by atoms with Crippen molar-refractivity contribution in [1.29, 1.82) is 0 Å². The summed E-state index contributed by atoms with van der Waals surface area (Å²) in [4.78, 5) is 0. The monoisotopic (exact) mass is 399 g/mol. The highest BCUT2D eigenvalue weighted by molar-refractivity contribution is 7.80. The largest absolute Gasteiger partial charge is 0.497 e. The van der Waals surface area contributed by atoms with Gasteiger partial charge in [-0.3, -0.25) is 5.43 Å². The summed E-state index contributed by atoms with van der Waals surface area (Å²) in [5.74, 6) is 0.824. The van der Waals surface area contributed by atoms with Gasteiger partial charge in [-0.25, -0.2) is 0 Å². The number of hydrazone groups is 1. The van der Waals surface area contributed by atoms with E-state index < -0.39 is 0 Å². The first-order valence-corrected chi connectivity index (χ1v) is 9.97. The van der Waals surface area contributed by atoms with E-state index in [1.165, 1.54) is 6.42 Å². The van der Waals surface area contributed by atoms with Gasteiger partial charge in [0.2, 0.25) is 0 Å². The Morgan fingerprint density at radius 3 is 2.54 bits per heavy atom. The van der Waals surface area contributed by atoms with Crippen LogP contribution in [0.1, 0.15) is 45.6 Å². The molecule has 1 aromatic carbocycles. The predicted octanol–water partition coefficient (Wildman–Crippen LogP) is 4.19. The van der Waals surface area contributed by atoms with Gasteiger partial charge in [0.05, 0.1) is 18.4 Å². The number of allylic oxidation sites excluding steroid dienone is 2. The number of nitrogens with two attached hydrogens (primary N) is 1. The molecule has 1 aliphatic carbocycles. The number of fused-ring (bicyclic) bond motifs is 1. The molecule has 0 amide bonds. The predicted molar refractivity (Wildman–Crippen MR) is 118 cm³/mol. The molecule has 1 aromatic rings. The van der Waals surface area contributed by atoms with Crippen molar-refractivity contribution < 1.29 is 9.47 Å². The Labute approximate surface area is 172 Å². The minimum absolute atomic E-state index is 0.0813. The molecule has 2 atom stereocenters. The standard InChI is InChI=1S/C22H29N3O2S/c1-20(2)13-5-14-21(3)22(20,27-21)15-12-17(24-25-19(23)28)9-6-16-7-10-18(26-4)11-8-16/h6-12,15H,5,13-14H2,1-4H3,(H3,23,25,28). The molecule has 5 nitrogen and oxygen atoms in total. The van der Waals surface area contributed by atoms with Gasteiger partial charge in [-0.15, -0.1) is 0 Å². The van der Waals surface area contributed by atoms with Crippen LogP contribution in [0.25, 0.3) is 6.08 Å². The highest BCUT2D eigenvalue weighted by Gasteiger charge is 2.73. The van der Waals surface area contributed by atoms with Gasteiger partial charge in [0.1, 0.15) is 11.4 Å². The van der Waals surface area contributed by atoms with E-state index >= 15 is 0 Å². The van der Waals surface area contributed by atoms with Crippen LogP contribution in [0.5, 0.6) is 5.75 Å². The van der Waals surface area contributed by atoms with Gasteiger partial charge in [0.15, 0.2) is 5.11 Å². The summed E-state index contributed by atoms with van der Waals surface area (Å²) in [5, 5.41) is 4.45. The number of hydrogen-bond donors (Lipinski definition) is 2. The molecule has 1 saturated carbocycles. The molecule has 1 saturated heterocycles. The van der Waals surface area contributed by atoms with Crippen LogP contribution in [-0.2, 0) is 4.74 Å². The van der Waals surface area contributed by atoms with Crippen molar-refractivity contribution in [2.45, 2.75) is 51.2 Å². The lowest BCUT2D eigenvalue weighted by atomic mass is 9.64. The maximum atomic E-state index is 6.28. The third kappa shape index (κ3) is 3.98. The van der Waals surface area contributed by atoms with E-state index in [2.05, 4.69) is 37.4 Å². The Balaban J connectivity index is 1.82. The van der Waals surface area contributed by atoms with Crippen LogP contribution in [0.15, 0.2) is 47.6 Å². The van der Waals surface area contributed by atoms with E-state index in [1.54, 1.807) is 7.11 Å². The van der Waals surface area contributed by atoms with Crippen LogP contribution < -0.4 is 15.9 Å². The average Bonchev–Trinajstić information content (AvgIpc) is 3.29. The Bertz CT molecular complexity index is 829. The lowest BCUT2D eigenvalue weighted by Gasteiger charge is -2.36. The molecule has 2 unspecified atom stereocenters. The van der Waals surface area contributed by atoms with Gasteiger partial charge in [0.25, 0.3) is 0 Å². The minimum atomic E-state index is -0.254. The first-order chi connectivity index (χ1) is 13.2. The van der Waals surface area contributed by atoms with Crippen molar-refractivity contribution in [1.82, 2.24) is 5.43 Å². The molecule has 28 heavy (non-hydrogen) atoms. The zero-order valence-electron chi connectivity index (χ0n) is 17.0. The van der Waals surface area contributed by atoms with E-state index in [-0.39, 0.29) is 21.7 Å². The topological polar surface area (TPSA) is 72.2 Å². The molecule has 2 fully saturated rings. The van der Waals surface area contributed by atoms with Crippen molar-refractivity contribution in [3.63, 3.8) is 0 Å². The molecule has 0 aromatic heterocycles. The van der Waals surface area contributed by atoms with Crippen LogP contribution in [0, 0.1) is 5.41 Å². The number of benzene rings is 1. The molecule has 0 spiro atoms. The summed E-state index contributed by atoms with van der Waals surface area (Å²) in [6.07, 6.45) is 11.5. The molecule has 3 N–H and O–H groups in total. The van der Waals surface area contributed by atoms with E-state index in [1.807, 2.05) is 42.5 Å². The molecule has 150 valence electrons. The summed E-state index contributed by atoms with van der Waals surface area (Å²) < 4.78 is 11.5. The highest BCUT2D eigenvalue weighted by atomic mass is 32.1. The van der Waals surface area contributed by atoms with Gasteiger partial charge >= 0.3 is 0 Å². The maximum Gasteiger partial charge on any atom is 0.184 e. The fourth-order valence-electron chi connectivity index (χ4n) is 4.26. The molecule has 1 heterocycles. The fraction of sp³-hybridized carbons (Fsp3) is 0.455. The second kappa shape index (κ2) is 7.68. The first-order valence-electron chi connectivity index (χ1n) is 9.56. The maximum absolute atomic E-state index is 6.28. The summed E-state index contributed by atoms with van der Waals surface area (Å²) in [7, 11) is 1.65. The average molecular weight is 400 g/mol. The Hall–Kier alpha value is -2.18. The molecule has 1 aliphatic heterocycles. The lowest BCUT2D eigenvalue weighted by Crippen LogP contribution is -2.41. The third-order valence-corrected chi connectivity index (χ3v) is 6.03. The number of thiocarbonyl (C=S) groups is 1. The smallest absolute Gasteiger partial charge is 0.184 e. The fourth-order valence-corrected chi connectivity index (χ4v) is 4.30. The van der Waals surface area contributed by atoms with E-state index in [9.17, 15) is 0 Å². The lowest BCUT2D eigenvalue weighted by molar-refractivity contribution is 0.166. The van der Waals surface area contributed by atoms with Crippen molar-refractivity contribution in [3.8, 4) is 5.75 Å². The molecule has 0 bridgehead atoms. The van der Waals surface area contributed by atoms with Crippen molar-refractivity contribution in [2.24, 2.45) is 16.3 Å². The van der Waals surface area contributed by atoms with Crippen LogP contribution in [-0.4, -0.2) is 29.1 Å². The number of rotatable bonds is 6. The normalized spacial score (nSPS) is 28.9. The molecular weight excluding hydrogens is 370 g/mol. The summed E-state index contributed by atoms with van der Waals surface area (Å²) in [6.45, 7) is 6.76. The van der Waals surface area contributed by atoms with Crippen molar-refractivity contribution in [3.05, 3.63) is 48.1 Å². The van der Waals surface area contributed by atoms with Gasteiger partial charge < -0.3 is 15.2 Å². The molecule has 3 rings (SSSR count). The second-order valence-electron chi connectivity index (χ2n) is 8.26. The van der Waals surface area contributed by atoms with Crippen LogP contribution >= 0.6 is 12.2 Å². The van der Waals surface area contributed by atoms with Crippen molar-refractivity contribution >= 4 is 29.1 Å². The van der Waals surface area contributed by atoms with Crippen LogP contribution in [0.4, 0.5) is 0 Å². The van der Waals surface area contributed by atoms with Gasteiger partial charge in [-0.1, -0.05) is 32.1 Å². The number of ether oxygens (including phenoxy) is 2. The number of hydrogen-bond acceptors (Lipinski definition) is 4. The van der Waals surface area contributed by atoms with Crippen LogP contribution in [0.2, 0.25) is 0 Å². The SMILES string of the molecule is COc1ccc(C=CC(C=CC23OC2(C)CCCC3(C)C)=NNC(N)=S)cc1. The molecule has 6 heteroatoms. The third-order valence-electron chi connectivity index (χ3n) is 5.94. The van der Waals surface area contributed by atoms with E-state index in [0.29, 0.717) is 0 Å². The van der Waals surface area contributed by atoms with Gasteiger partial charge in [-0.2, -0.15) is 5.10 Å². The zero-order chi connectivity index (χ0) is 20.4. The summed E-state index contributed by atoms with van der Waals surface area (Å²) >= 11 is 4.89.